The van der Waals surface area contributed by atoms with Crippen molar-refractivity contribution in [1.29, 1.82) is 5.26 Å². The molecule has 1 saturated heterocycles. The number of hydrogen-bond acceptors (Lipinski definition) is 4. The SMILES string of the molecule is Cc1cc(C(=O)N2CCN(CC#N)CC2)cc(Cl)n1. The number of aryl methyl sites for hydroxylation is 1. The molecule has 0 unspecified atom stereocenters. The summed E-state index contributed by atoms with van der Waals surface area (Å²) in [6.07, 6.45) is 0. The summed E-state index contributed by atoms with van der Waals surface area (Å²) in [5, 5.41) is 8.98. The standard InChI is InChI=1S/C13H15ClN4O/c1-10-8-11(9-12(14)16-10)13(19)18-6-4-17(3-2-15)5-7-18/h8-9H,3-7H2,1H3. The first-order valence-corrected chi connectivity index (χ1v) is 6.50. The number of aromatic nitrogens is 1. The zero-order valence-electron chi connectivity index (χ0n) is 10.8. The minimum absolute atomic E-state index is 0.0241. The molecule has 100 valence electrons. The number of nitrogens with zero attached hydrogens (tertiary/aromatic N) is 4. The van der Waals surface area contributed by atoms with Crippen molar-refractivity contribution in [2.45, 2.75) is 6.92 Å². The predicted octanol–water partition coefficient (Wildman–Crippen LogP) is 1.32. The van der Waals surface area contributed by atoms with Gasteiger partial charge in [0.15, 0.2) is 0 Å². The lowest BCUT2D eigenvalue weighted by molar-refractivity contribution is 0.0651. The Balaban J connectivity index is 2.03. The molecule has 19 heavy (non-hydrogen) atoms. The minimum atomic E-state index is -0.0241. The average Bonchev–Trinajstić information content (AvgIpc) is 2.38. The highest BCUT2D eigenvalue weighted by Crippen LogP contribution is 2.14. The van der Waals surface area contributed by atoms with E-state index in [1.807, 2.05) is 11.8 Å². The second-order valence-corrected chi connectivity index (χ2v) is 4.93. The van der Waals surface area contributed by atoms with E-state index in [-0.39, 0.29) is 5.91 Å². The first kappa shape index (κ1) is 13.8. The molecule has 1 aromatic heterocycles. The van der Waals surface area contributed by atoms with Crippen LogP contribution in [0.5, 0.6) is 0 Å². The van der Waals surface area contributed by atoms with Gasteiger partial charge in [-0.25, -0.2) is 4.98 Å². The number of amides is 1. The van der Waals surface area contributed by atoms with E-state index in [1.54, 1.807) is 17.0 Å². The molecule has 2 rings (SSSR count). The number of carbonyl (C=O) groups excluding carboxylic acids is 1. The van der Waals surface area contributed by atoms with Crippen molar-refractivity contribution in [3.63, 3.8) is 0 Å². The number of carbonyl (C=O) groups is 1. The van der Waals surface area contributed by atoms with Crippen molar-refractivity contribution in [1.82, 2.24) is 14.8 Å². The molecule has 1 aliphatic heterocycles. The maximum atomic E-state index is 12.3. The summed E-state index contributed by atoms with van der Waals surface area (Å²) in [6.45, 7) is 4.98. The maximum absolute atomic E-state index is 12.3. The van der Waals surface area contributed by atoms with E-state index >= 15 is 0 Å². The predicted molar refractivity (Wildman–Crippen MR) is 71.9 cm³/mol. The summed E-state index contributed by atoms with van der Waals surface area (Å²) in [5.74, 6) is -0.0241. The number of pyridine rings is 1. The summed E-state index contributed by atoms with van der Waals surface area (Å²) in [4.78, 5) is 20.2. The van der Waals surface area contributed by atoms with Gasteiger partial charge in [-0.3, -0.25) is 9.69 Å². The van der Waals surface area contributed by atoms with Crippen molar-refractivity contribution in [3.05, 3.63) is 28.5 Å². The third kappa shape index (κ3) is 3.43. The van der Waals surface area contributed by atoms with Crippen LogP contribution in [0.4, 0.5) is 0 Å². The number of nitriles is 1. The molecule has 0 atom stereocenters. The molecule has 6 heteroatoms. The fraction of sp³-hybridized carbons (Fsp3) is 0.462. The summed E-state index contributed by atoms with van der Waals surface area (Å²) >= 11 is 5.87. The smallest absolute Gasteiger partial charge is 0.254 e. The van der Waals surface area contributed by atoms with E-state index < -0.39 is 0 Å². The second kappa shape index (κ2) is 6.00. The molecule has 0 bridgehead atoms. The molecule has 1 amide bonds. The fourth-order valence-corrected chi connectivity index (χ4v) is 2.39. The van der Waals surface area contributed by atoms with Crippen LogP contribution in [0.3, 0.4) is 0 Å². The van der Waals surface area contributed by atoms with Crippen LogP contribution in [0.25, 0.3) is 0 Å². The Kier molecular flexibility index (Phi) is 4.35. The van der Waals surface area contributed by atoms with E-state index in [1.165, 1.54) is 0 Å². The van der Waals surface area contributed by atoms with Crippen molar-refractivity contribution >= 4 is 17.5 Å². The zero-order chi connectivity index (χ0) is 13.8. The van der Waals surface area contributed by atoms with Crippen LogP contribution >= 0.6 is 11.6 Å². The molecule has 0 N–H and O–H groups in total. The Hall–Kier alpha value is -1.64. The highest BCUT2D eigenvalue weighted by molar-refractivity contribution is 6.29. The molecule has 0 saturated carbocycles. The van der Waals surface area contributed by atoms with Gasteiger partial charge in [0.1, 0.15) is 5.15 Å². The highest BCUT2D eigenvalue weighted by Gasteiger charge is 2.22. The summed E-state index contributed by atoms with van der Waals surface area (Å²) < 4.78 is 0. The molecule has 0 spiro atoms. The van der Waals surface area contributed by atoms with E-state index in [4.69, 9.17) is 16.9 Å². The van der Waals surface area contributed by atoms with Crippen LogP contribution in [0.2, 0.25) is 5.15 Å². The Labute approximate surface area is 117 Å². The van der Waals surface area contributed by atoms with Crippen molar-refractivity contribution in [2.75, 3.05) is 32.7 Å². The second-order valence-electron chi connectivity index (χ2n) is 4.55. The van der Waals surface area contributed by atoms with Gasteiger partial charge in [-0.1, -0.05) is 11.6 Å². The van der Waals surface area contributed by atoms with Crippen molar-refractivity contribution in [3.8, 4) is 6.07 Å². The average molecular weight is 279 g/mol. The fourth-order valence-electron chi connectivity index (χ4n) is 2.14. The van der Waals surface area contributed by atoms with Gasteiger partial charge in [0.25, 0.3) is 5.91 Å². The lowest BCUT2D eigenvalue weighted by Gasteiger charge is -2.33. The van der Waals surface area contributed by atoms with E-state index in [0.29, 0.717) is 30.4 Å². The van der Waals surface area contributed by atoms with Gasteiger partial charge in [0.2, 0.25) is 0 Å². The Bertz CT molecular complexity index is 498. The van der Waals surface area contributed by atoms with Crippen molar-refractivity contribution < 1.29 is 4.79 Å². The molecule has 1 aliphatic rings. The Morgan fingerprint density at radius 1 is 1.42 bits per heavy atom. The maximum Gasteiger partial charge on any atom is 0.254 e. The summed E-state index contributed by atoms with van der Waals surface area (Å²) in [6, 6.07) is 5.47. The number of piperazine rings is 1. The Morgan fingerprint density at radius 2 is 2.11 bits per heavy atom. The van der Waals surface area contributed by atoms with Crippen LogP contribution in [0.15, 0.2) is 12.1 Å². The van der Waals surface area contributed by atoms with Crippen LogP contribution in [-0.2, 0) is 0 Å². The van der Waals surface area contributed by atoms with E-state index in [9.17, 15) is 4.79 Å². The lowest BCUT2D eigenvalue weighted by Crippen LogP contribution is -2.48. The lowest BCUT2D eigenvalue weighted by atomic mass is 10.2. The monoisotopic (exact) mass is 278 g/mol. The molecule has 0 radical (unpaired) electrons. The van der Waals surface area contributed by atoms with E-state index in [0.717, 1.165) is 18.8 Å². The number of hydrogen-bond donors (Lipinski definition) is 0. The minimum Gasteiger partial charge on any atom is -0.336 e. The number of halogens is 1. The first-order chi connectivity index (χ1) is 9.10. The molecule has 0 aromatic carbocycles. The summed E-state index contributed by atoms with van der Waals surface area (Å²) in [7, 11) is 0. The molecule has 2 heterocycles. The van der Waals surface area contributed by atoms with Gasteiger partial charge in [-0.05, 0) is 19.1 Å². The van der Waals surface area contributed by atoms with Crippen LogP contribution in [0, 0.1) is 18.3 Å². The molecule has 1 aromatic rings. The topological polar surface area (TPSA) is 60.2 Å². The van der Waals surface area contributed by atoms with Gasteiger partial charge in [0, 0.05) is 37.4 Å². The molecule has 1 fully saturated rings. The largest absolute Gasteiger partial charge is 0.336 e. The van der Waals surface area contributed by atoms with Crippen LogP contribution < -0.4 is 0 Å². The van der Waals surface area contributed by atoms with Crippen molar-refractivity contribution in [2.24, 2.45) is 0 Å². The molecule has 0 aliphatic carbocycles. The normalized spacial score (nSPS) is 16.2. The number of rotatable bonds is 2. The van der Waals surface area contributed by atoms with Crippen LogP contribution in [0.1, 0.15) is 16.1 Å². The van der Waals surface area contributed by atoms with E-state index in [2.05, 4.69) is 11.1 Å². The third-order valence-electron chi connectivity index (χ3n) is 3.12. The van der Waals surface area contributed by atoms with Gasteiger partial charge < -0.3 is 4.90 Å². The third-order valence-corrected chi connectivity index (χ3v) is 3.32. The quantitative estimate of drug-likeness (QED) is 0.605. The van der Waals surface area contributed by atoms with Gasteiger partial charge in [0.05, 0.1) is 12.6 Å². The Morgan fingerprint density at radius 3 is 2.68 bits per heavy atom. The summed E-state index contributed by atoms with van der Waals surface area (Å²) in [5.41, 5.74) is 1.31. The zero-order valence-corrected chi connectivity index (χ0v) is 11.5. The first-order valence-electron chi connectivity index (χ1n) is 6.13. The van der Waals surface area contributed by atoms with Crippen LogP contribution in [-0.4, -0.2) is 53.4 Å². The molecular formula is C13H15ClN4O. The van der Waals surface area contributed by atoms with Gasteiger partial charge in [-0.15, -0.1) is 0 Å². The molecular weight excluding hydrogens is 264 g/mol. The molecule has 5 nitrogen and oxygen atoms in total. The highest BCUT2D eigenvalue weighted by atomic mass is 35.5. The van der Waals surface area contributed by atoms with Gasteiger partial charge >= 0.3 is 0 Å². The van der Waals surface area contributed by atoms with Gasteiger partial charge in [-0.2, -0.15) is 5.26 Å².